The normalized spacial score (nSPS) is 15.5. The van der Waals surface area contributed by atoms with Crippen LogP contribution in [0, 0.1) is 0 Å². The second-order valence-corrected chi connectivity index (χ2v) is 8.95. The monoisotopic (exact) mass is 416 g/mol. The lowest BCUT2D eigenvalue weighted by Crippen LogP contribution is -2.44. The Labute approximate surface area is 177 Å². The van der Waals surface area contributed by atoms with Gasteiger partial charge in [0.2, 0.25) is 0 Å². The zero-order valence-electron chi connectivity index (χ0n) is 18.7. The molecular formula is C21H32N6O3. The molecule has 0 bridgehead atoms. The third-order valence-corrected chi connectivity index (χ3v) is 4.61. The predicted octanol–water partition coefficient (Wildman–Crippen LogP) is 3.76. The van der Waals surface area contributed by atoms with Gasteiger partial charge in [-0.1, -0.05) is 6.58 Å². The Bertz CT molecular complexity index is 923. The van der Waals surface area contributed by atoms with Gasteiger partial charge in [0, 0.05) is 19.1 Å². The summed E-state index contributed by atoms with van der Waals surface area (Å²) in [4.78, 5) is 23.1. The number of ether oxygens (including phenoxy) is 2. The van der Waals surface area contributed by atoms with Gasteiger partial charge in [0.1, 0.15) is 5.60 Å². The van der Waals surface area contributed by atoms with E-state index in [9.17, 15) is 4.79 Å². The summed E-state index contributed by atoms with van der Waals surface area (Å²) in [6.45, 7) is 16.6. The molecule has 1 amide bonds. The molecule has 164 valence electrons. The molecule has 2 aromatic rings. The first-order valence-electron chi connectivity index (χ1n) is 10.4. The van der Waals surface area contributed by atoms with Gasteiger partial charge in [-0.2, -0.15) is 4.98 Å². The molecule has 30 heavy (non-hydrogen) atoms. The molecule has 0 atom stereocenters. The average Bonchev–Trinajstić information content (AvgIpc) is 3.04. The van der Waals surface area contributed by atoms with Gasteiger partial charge in [-0.25, -0.2) is 14.3 Å². The minimum Gasteiger partial charge on any atom is -0.460 e. The molecule has 3 heterocycles. The standard InChI is InChI=1S/C21H32N6O3/c1-13(2)16-12-22-18-17(24-19(25-27(16)18)29-14(3)4)23-15-8-10-26(11-9-15)20(28)30-21(5,6)7/h12,14-15H,1,8-11H2,2-7H3,(H,23,24,25). The number of allylic oxidation sites excluding steroid dienone is 1. The van der Waals surface area contributed by atoms with Crippen LogP contribution in [0.25, 0.3) is 11.2 Å². The quantitative estimate of drug-likeness (QED) is 0.793. The van der Waals surface area contributed by atoms with Gasteiger partial charge in [-0.3, -0.25) is 0 Å². The number of hydrogen-bond acceptors (Lipinski definition) is 7. The number of carbonyl (C=O) groups is 1. The van der Waals surface area contributed by atoms with Crippen molar-refractivity contribution in [2.24, 2.45) is 0 Å². The number of fused-ring (bicyclic) bond motifs is 1. The van der Waals surface area contributed by atoms with Gasteiger partial charge in [0.25, 0.3) is 0 Å². The molecule has 1 aliphatic heterocycles. The van der Waals surface area contributed by atoms with Gasteiger partial charge >= 0.3 is 12.1 Å². The fourth-order valence-electron chi connectivity index (χ4n) is 3.24. The number of carbonyl (C=O) groups excluding carboxylic acids is 1. The van der Waals surface area contributed by atoms with Gasteiger partial charge in [-0.15, -0.1) is 5.10 Å². The summed E-state index contributed by atoms with van der Waals surface area (Å²) >= 11 is 0. The van der Waals surface area contributed by atoms with E-state index in [1.54, 1.807) is 15.6 Å². The molecule has 0 radical (unpaired) electrons. The molecule has 9 nitrogen and oxygen atoms in total. The topological polar surface area (TPSA) is 93.9 Å². The van der Waals surface area contributed by atoms with Crippen LogP contribution in [-0.2, 0) is 4.74 Å². The highest BCUT2D eigenvalue weighted by atomic mass is 16.6. The Balaban J connectivity index is 1.76. The molecule has 9 heteroatoms. The Hall–Kier alpha value is -2.84. The lowest BCUT2D eigenvalue weighted by atomic mass is 10.1. The highest BCUT2D eigenvalue weighted by Gasteiger charge is 2.28. The molecule has 2 aromatic heterocycles. The fourth-order valence-corrected chi connectivity index (χ4v) is 3.24. The van der Waals surface area contributed by atoms with Crippen LogP contribution < -0.4 is 10.1 Å². The molecule has 0 unspecified atom stereocenters. The summed E-state index contributed by atoms with van der Waals surface area (Å²) < 4.78 is 12.9. The summed E-state index contributed by atoms with van der Waals surface area (Å²) in [5.74, 6) is 0.615. The van der Waals surface area contributed by atoms with Gasteiger partial charge in [-0.05, 0) is 60.0 Å². The minimum absolute atomic E-state index is 0.0517. The molecule has 0 aliphatic carbocycles. The third kappa shape index (κ3) is 5.20. The number of amides is 1. The number of nitrogens with zero attached hydrogens (tertiary/aromatic N) is 5. The molecule has 1 N–H and O–H groups in total. The van der Waals surface area contributed by atoms with E-state index in [2.05, 4.69) is 27.0 Å². The van der Waals surface area contributed by atoms with Crippen molar-refractivity contribution in [3.63, 3.8) is 0 Å². The second kappa shape index (κ2) is 8.49. The molecule has 0 aromatic carbocycles. The van der Waals surface area contributed by atoms with Crippen molar-refractivity contribution in [1.82, 2.24) is 24.5 Å². The van der Waals surface area contributed by atoms with Crippen molar-refractivity contribution in [1.29, 1.82) is 0 Å². The van der Waals surface area contributed by atoms with Crippen LogP contribution in [0.5, 0.6) is 6.01 Å². The van der Waals surface area contributed by atoms with E-state index in [0.717, 1.165) is 24.1 Å². The maximum atomic E-state index is 12.3. The third-order valence-electron chi connectivity index (χ3n) is 4.61. The van der Waals surface area contributed by atoms with Crippen molar-refractivity contribution in [2.45, 2.75) is 72.1 Å². The molecule has 3 rings (SSSR count). The van der Waals surface area contributed by atoms with Crippen LogP contribution in [0.1, 0.15) is 60.1 Å². The highest BCUT2D eigenvalue weighted by molar-refractivity contribution is 5.69. The van der Waals surface area contributed by atoms with Crippen molar-refractivity contribution in [2.75, 3.05) is 18.4 Å². The number of anilines is 1. The number of aromatic nitrogens is 4. The van der Waals surface area contributed by atoms with E-state index in [1.807, 2.05) is 41.5 Å². The summed E-state index contributed by atoms with van der Waals surface area (Å²) in [7, 11) is 0. The molecule has 1 saturated heterocycles. The number of nitrogens with one attached hydrogen (secondary N) is 1. The summed E-state index contributed by atoms with van der Waals surface area (Å²) in [6, 6.07) is 0.436. The lowest BCUT2D eigenvalue weighted by molar-refractivity contribution is 0.0210. The highest BCUT2D eigenvalue weighted by Crippen LogP contribution is 2.24. The van der Waals surface area contributed by atoms with E-state index >= 15 is 0 Å². The number of piperidine rings is 1. The van der Waals surface area contributed by atoms with Crippen LogP contribution in [-0.4, -0.2) is 61.4 Å². The van der Waals surface area contributed by atoms with Crippen molar-refractivity contribution in [3.8, 4) is 6.01 Å². The van der Waals surface area contributed by atoms with Crippen LogP contribution in [0.3, 0.4) is 0 Å². The van der Waals surface area contributed by atoms with E-state index in [-0.39, 0.29) is 24.2 Å². The van der Waals surface area contributed by atoms with E-state index < -0.39 is 5.60 Å². The van der Waals surface area contributed by atoms with Crippen LogP contribution >= 0.6 is 0 Å². The largest absolute Gasteiger partial charge is 0.460 e. The molecule has 1 aliphatic rings. The van der Waals surface area contributed by atoms with E-state index in [4.69, 9.17) is 9.47 Å². The number of hydrogen-bond donors (Lipinski definition) is 1. The Morgan fingerprint density at radius 2 is 1.97 bits per heavy atom. The lowest BCUT2D eigenvalue weighted by Gasteiger charge is -2.33. The van der Waals surface area contributed by atoms with Gasteiger partial charge in [0.05, 0.1) is 18.0 Å². The van der Waals surface area contributed by atoms with Crippen LogP contribution in [0.2, 0.25) is 0 Å². The number of rotatable bonds is 5. The van der Waals surface area contributed by atoms with Gasteiger partial charge in [0.15, 0.2) is 11.5 Å². The average molecular weight is 417 g/mol. The molecule has 1 fully saturated rings. The Morgan fingerprint density at radius 3 is 2.53 bits per heavy atom. The van der Waals surface area contributed by atoms with Crippen LogP contribution in [0.15, 0.2) is 12.8 Å². The molecular weight excluding hydrogens is 384 g/mol. The Morgan fingerprint density at radius 1 is 1.30 bits per heavy atom. The first kappa shape index (κ1) is 21.9. The molecule has 0 saturated carbocycles. The van der Waals surface area contributed by atoms with Gasteiger partial charge < -0.3 is 19.7 Å². The second-order valence-electron chi connectivity index (χ2n) is 8.95. The maximum Gasteiger partial charge on any atom is 0.410 e. The zero-order valence-corrected chi connectivity index (χ0v) is 18.7. The summed E-state index contributed by atoms with van der Waals surface area (Å²) in [6.07, 6.45) is 2.98. The minimum atomic E-state index is -0.493. The first-order chi connectivity index (χ1) is 14.0. The van der Waals surface area contributed by atoms with E-state index in [1.165, 1.54) is 0 Å². The molecule has 0 spiro atoms. The maximum absolute atomic E-state index is 12.3. The number of likely N-dealkylation sites (tertiary alicyclic amines) is 1. The fraction of sp³-hybridized carbons (Fsp3) is 0.619. The summed E-state index contributed by atoms with van der Waals surface area (Å²) in [5.41, 5.74) is 1.79. The predicted molar refractivity (Wildman–Crippen MR) is 116 cm³/mol. The number of imidazole rings is 1. The smallest absolute Gasteiger partial charge is 0.410 e. The van der Waals surface area contributed by atoms with Crippen molar-refractivity contribution in [3.05, 3.63) is 18.5 Å². The first-order valence-corrected chi connectivity index (χ1v) is 10.4. The zero-order chi connectivity index (χ0) is 22.1. The van der Waals surface area contributed by atoms with E-state index in [0.29, 0.717) is 24.6 Å². The van der Waals surface area contributed by atoms with Crippen LogP contribution in [0.4, 0.5) is 10.6 Å². The Kier molecular flexibility index (Phi) is 6.19. The SMILES string of the molecule is C=C(C)c1cnc2c(NC3CCN(C(=O)OC(C)(C)C)CC3)nc(OC(C)C)nn12. The van der Waals surface area contributed by atoms with Crippen molar-refractivity contribution >= 4 is 23.1 Å². The summed E-state index contributed by atoms with van der Waals surface area (Å²) in [5, 5.41) is 7.94. The van der Waals surface area contributed by atoms with Crippen molar-refractivity contribution < 1.29 is 14.3 Å².